The zero-order valence-electron chi connectivity index (χ0n) is 11.5. The number of hydrogen-bond acceptors (Lipinski definition) is 5. The molecule has 0 amide bonds. The normalized spacial score (nSPS) is 12.1. The molecule has 0 saturated heterocycles. The lowest BCUT2D eigenvalue weighted by molar-refractivity contribution is 0.287. The van der Waals surface area contributed by atoms with Gasteiger partial charge in [-0.2, -0.15) is 0 Å². The van der Waals surface area contributed by atoms with Crippen LogP contribution in [0.1, 0.15) is 23.6 Å². The van der Waals surface area contributed by atoms with Crippen molar-refractivity contribution in [1.29, 1.82) is 0 Å². The second-order valence-corrected chi connectivity index (χ2v) is 4.66. The van der Waals surface area contributed by atoms with E-state index in [2.05, 4.69) is 10.4 Å². The van der Waals surface area contributed by atoms with E-state index in [1.165, 1.54) is 0 Å². The van der Waals surface area contributed by atoms with Gasteiger partial charge in [-0.1, -0.05) is 18.2 Å². The standard InChI is InChI=1S/C15H20N4O/c1-11-9-13(15(16)18-10-11)14(19-17)7-8-20-12-5-3-2-4-6-12/h2-6,9-10,14,19H,7-8,17H2,1H3,(H2,16,18). The fourth-order valence-corrected chi connectivity index (χ4v) is 2.02. The molecule has 1 aromatic heterocycles. The highest BCUT2D eigenvalue weighted by Gasteiger charge is 2.14. The Bertz CT molecular complexity index is 545. The first-order valence-electron chi connectivity index (χ1n) is 6.56. The molecule has 0 fully saturated rings. The molecule has 0 spiro atoms. The second-order valence-electron chi connectivity index (χ2n) is 4.66. The predicted octanol–water partition coefficient (Wildman–Crippen LogP) is 1.95. The third kappa shape index (κ3) is 3.69. The van der Waals surface area contributed by atoms with Gasteiger partial charge in [0.05, 0.1) is 12.6 Å². The van der Waals surface area contributed by atoms with Crippen LogP contribution in [-0.2, 0) is 0 Å². The van der Waals surface area contributed by atoms with Crippen LogP contribution >= 0.6 is 0 Å². The molecule has 5 N–H and O–H groups in total. The minimum absolute atomic E-state index is 0.0777. The lowest BCUT2D eigenvalue weighted by Gasteiger charge is -2.18. The average Bonchev–Trinajstić information content (AvgIpc) is 2.48. The number of ether oxygens (including phenoxy) is 1. The molecular weight excluding hydrogens is 252 g/mol. The highest BCUT2D eigenvalue weighted by Crippen LogP contribution is 2.22. The maximum absolute atomic E-state index is 5.90. The Morgan fingerprint density at radius 2 is 2.05 bits per heavy atom. The lowest BCUT2D eigenvalue weighted by Crippen LogP contribution is -2.30. The zero-order chi connectivity index (χ0) is 14.4. The molecule has 0 saturated carbocycles. The number of nitrogens with two attached hydrogens (primary N) is 2. The molecule has 0 bridgehead atoms. The van der Waals surface area contributed by atoms with Gasteiger partial charge in [-0.05, 0) is 30.7 Å². The van der Waals surface area contributed by atoms with Gasteiger partial charge in [0.15, 0.2) is 0 Å². The van der Waals surface area contributed by atoms with Crippen molar-refractivity contribution in [1.82, 2.24) is 10.4 Å². The number of nitrogen functional groups attached to an aromatic ring is 1. The summed E-state index contributed by atoms with van der Waals surface area (Å²) in [6, 6.07) is 11.6. The van der Waals surface area contributed by atoms with E-state index in [1.54, 1.807) is 6.20 Å². The number of nitrogens with one attached hydrogen (secondary N) is 1. The minimum Gasteiger partial charge on any atom is -0.494 e. The quantitative estimate of drug-likeness (QED) is 0.552. The van der Waals surface area contributed by atoms with E-state index in [0.29, 0.717) is 18.8 Å². The molecule has 0 radical (unpaired) electrons. The van der Waals surface area contributed by atoms with Gasteiger partial charge in [0, 0.05) is 18.2 Å². The molecular formula is C15H20N4O. The molecule has 0 aliphatic heterocycles. The van der Waals surface area contributed by atoms with Crippen LogP contribution in [0.4, 0.5) is 5.82 Å². The molecule has 1 heterocycles. The van der Waals surface area contributed by atoms with E-state index in [9.17, 15) is 0 Å². The largest absolute Gasteiger partial charge is 0.494 e. The fourth-order valence-electron chi connectivity index (χ4n) is 2.02. The number of pyridine rings is 1. The summed E-state index contributed by atoms with van der Waals surface area (Å²) in [5.41, 5.74) is 10.6. The highest BCUT2D eigenvalue weighted by molar-refractivity contribution is 5.42. The van der Waals surface area contributed by atoms with Crippen LogP contribution in [0.2, 0.25) is 0 Å². The Hall–Kier alpha value is -2.11. The van der Waals surface area contributed by atoms with Crippen LogP contribution in [0.3, 0.4) is 0 Å². The van der Waals surface area contributed by atoms with E-state index >= 15 is 0 Å². The summed E-state index contributed by atoms with van der Waals surface area (Å²) in [6.45, 7) is 2.52. The first-order valence-corrected chi connectivity index (χ1v) is 6.56. The molecule has 5 heteroatoms. The number of nitrogens with zero attached hydrogens (tertiary/aromatic N) is 1. The first-order chi connectivity index (χ1) is 9.70. The summed E-state index contributed by atoms with van der Waals surface area (Å²) in [4.78, 5) is 4.16. The number of para-hydroxylation sites is 1. The number of benzene rings is 1. The molecule has 1 aromatic carbocycles. The summed E-state index contributed by atoms with van der Waals surface area (Å²) in [6.07, 6.45) is 2.45. The Morgan fingerprint density at radius 1 is 1.30 bits per heavy atom. The Morgan fingerprint density at radius 3 is 2.75 bits per heavy atom. The SMILES string of the molecule is Cc1cnc(N)c(C(CCOc2ccccc2)NN)c1. The molecule has 0 aliphatic carbocycles. The van der Waals surface area contributed by atoms with Crippen LogP contribution < -0.4 is 21.7 Å². The Kier molecular flexibility index (Phi) is 4.92. The molecule has 106 valence electrons. The Labute approximate surface area is 118 Å². The molecule has 2 aromatic rings. The van der Waals surface area contributed by atoms with Crippen molar-refractivity contribution in [3.05, 3.63) is 53.7 Å². The van der Waals surface area contributed by atoms with Gasteiger partial charge in [-0.3, -0.25) is 11.3 Å². The number of hydrazine groups is 1. The van der Waals surface area contributed by atoms with Gasteiger partial charge in [0.1, 0.15) is 11.6 Å². The van der Waals surface area contributed by atoms with E-state index in [4.69, 9.17) is 16.3 Å². The third-order valence-electron chi connectivity index (χ3n) is 3.08. The van der Waals surface area contributed by atoms with Gasteiger partial charge in [0.2, 0.25) is 0 Å². The molecule has 0 aliphatic rings. The molecule has 20 heavy (non-hydrogen) atoms. The van der Waals surface area contributed by atoms with Crippen molar-refractivity contribution in [2.45, 2.75) is 19.4 Å². The second kappa shape index (κ2) is 6.88. The monoisotopic (exact) mass is 272 g/mol. The topological polar surface area (TPSA) is 86.2 Å². The molecule has 5 nitrogen and oxygen atoms in total. The highest BCUT2D eigenvalue weighted by atomic mass is 16.5. The zero-order valence-corrected chi connectivity index (χ0v) is 11.5. The average molecular weight is 272 g/mol. The van der Waals surface area contributed by atoms with Gasteiger partial charge in [-0.15, -0.1) is 0 Å². The van der Waals surface area contributed by atoms with E-state index < -0.39 is 0 Å². The summed E-state index contributed by atoms with van der Waals surface area (Å²) in [5.74, 6) is 6.96. The first kappa shape index (κ1) is 14.3. The number of hydrogen-bond donors (Lipinski definition) is 3. The van der Waals surface area contributed by atoms with Gasteiger partial charge >= 0.3 is 0 Å². The minimum atomic E-state index is -0.0777. The lowest BCUT2D eigenvalue weighted by atomic mass is 10.0. The van der Waals surface area contributed by atoms with Crippen molar-refractivity contribution in [2.24, 2.45) is 5.84 Å². The number of aryl methyl sites for hydroxylation is 1. The van der Waals surface area contributed by atoms with Crippen LogP contribution in [0, 0.1) is 6.92 Å². The summed E-state index contributed by atoms with van der Waals surface area (Å²) in [7, 11) is 0. The Balaban J connectivity index is 1.97. The summed E-state index contributed by atoms with van der Waals surface area (Å²) in [5, 5.41) is 0. The van der Waals surface area contributed by atoms with Crippen LogP contribution in [0.15, 0.2) is 42.6 Å². The van der Waals surface area contributed by atoms with Gasteiger partial charge in [0.25, 0.3) is 0 Å². The number of rotatable bonds is 6. The molecule has 1 atom stereocenters. The van der Waals surface area contributed by atoms with Crippen molar-refractivity contribution < 1.29 is 4.74 Å². The number of anilines is 1. The van der Waals surface area contributed by atoms with Gasteiger partial charge in [-0.25, -0.2) is 4.98 Å². The van der Waals surface area contributed by atoms with Crippen molar-refractivity contribution >= 4 is 5.82 Å². The van der Waals surface area contributed by atoms with Crippen LogP contribution in [-0.4, -0.2) is 11.6 Å². The summed E-state index contributed by atoms with van der Waals surface area (Å²) >= 11 is 0. The maximum Gasteiger partial charge on any atom is 0.128 e. The van der Waals surface area contributed by atoms with Crippen LogP contribution in [0.5, 0.6) is 5.75 Å². The van der Waals surface area contributed by atoms with Crippen molar-refractivity contribution in [3.63, 3.8) is 0 Å². The fraction of sp³-hybridized carbons (Fsp3) is 0.267. The number of aromatic nitrogens is 1. The van der Waals surface area contributed by atoms with E-state index in [-0.39, 0.29) is 6.04 Å². The van der Waals surface area contributed by atoms with Crippen LogP contribution in [0.25, 0.3) is 0 Å². The van der Waals surface area contributed by atoms with E-state index in [0.717, 1.165) is 16.9 Å². The molecule has 2 rings (SSSR count). The predicted molar refractivity (Wildman–Crippen MR) is 80.0 cm³/mol. The summed E-state index contributed by atoms with van der Waals surface area (Å²) < 4.78 is 5.67. The molecule has 1 unspecified atom stereocenters. The van der Waals surface area contributed by atoms with Gasteiger partial charge < -0.3 is 10.5 Å². The third-order valence-corrected chi connectivity index (χ3v) is 3.08. The van der Waals surface area contributed by atoms with E-state index in [1.807, 2.05) is 43.3 Å². The smallest absolute Gasteiger partial charge is 0.128 e. The van der Waals surface area contributed by atoms with Crippen molar-refractivity contribution in [3.8, 4) is 5.75 Å². The maximum atomic E-state index is 5.90. The van der Waals surface area contributed by atoms with Crippen molar-refractivity contribution in [2.75, 3.05) is 12.3 Å².